The SMILES string of the molecule is Cc1ccc2c3c1c1cccc(C(C)C)c1c1n(C(C)C)c(C)c([n+]31)[Si](c1ccccc1)(c1ccccc1)C2(C)C. The molecule has 4 aromatic carbocycles. The van der Waals surface area contributed by atoms with E-state index >= 15 is 0 Å². The summed E-state index contributed by atoms with van der Waals surface area (Å²) in [7, 11) is -2.67. The molecule has 6 aromatic rings. The van der Waals surface area contributed by atoms with Crippen LogP contribution in [0.25, 0.3) is 27.3 Å². The predicted molar refractivity (Wildman–Crippen MR) is 177 cm³/mol. The number of hydrogen-bond donors (Lipinski definition) is 0. The first-order valence-corrected chi connectivity index (χ1v) is 17.2. The zero-order valence-corrected chi connectivity index (χ0v) is 26.7. The molecule has 7 rings (SSSR count). The molecule has 0 aliphatic carbocycles. The number of aryl methyl sites for hydroxylation is 1. The largest absolute Gasteiger partial charge is 0.295 e. The van der Waals surface area contributed by atoms with Crippen molar-refractivity contribution in [2.75, 3.05) is 0 Å². The van der Waals surface area contributed by atoms with E-state index in [2.05, 4.69) is 155 Å². The molecule has 0 fully saturated rings. The molecule has 2 aromatic heterocycles. The van der Waals surface area contributed by atoms with Gasteiger partial charge in [-0.05, 0) is 48.2 Å². The van der Waals surface area contributed by atoms with Crippen molar-refractivity contribution in [2.45, 2.75) is 72.4 Å². The second-order valence-electron chi connectivity index (χ2n) is 13.2. The van der Waals surface area contributed by atoms with Gasteiger partial charge in [0, 0.05) is 28.3 Å². The first-order chi connectivity index (χ1) is 19.6. The summed E-state index contributed by atoms with van der Waals surface area (Å²) in [6.45, 7) is 19.2. The van der Waals surface area contributed by atoms with Gasteiger partial charge in [0.05, 0.1) is 11.4 Å². The Morgan fingerprint density at radius 1 is 0.707 bits per heavy atom. The molecule has 0 saturated heterocycles. The summed E-state index contributed by atoms with van der Waals surface area (Å²) in [5, 5.41) is 8.61. The summed E-state index contributed by atoms with van der Waals surface area (Å²) < 4.78 is 5.43. The second-order valence-corrected chi connectivity index (χ2v) is 17.6. The van der Waals surface area contributed by atoms with Crippen molar-refractivity contribution in [3.05, 3.63) is 113 Å². The number of nitrogens with zero attached hydrogens (tertiary/aromatic N) is 2. The van der Waals surface area contributed by atoms with Crippen LogP contribution in [0.3, 0.4) is 0 Å². The minimum Gasteiger partial charge on any atom is -0.225 e. The van der Waals surface area contributed by atoms with Crippen molar-refractivity contribution in [3.8, 4) is 0 Å². The van der Waals surface area contributed by atoms with Crippen molar-refractivity contribution in [1.29, 1.82) is 0 Å². The van der Waals surface area contributed by atoms with Gasteiger partial charge >= 0.3 is 0 Å². The number of rotatable bonds is 4. The van der Waals surface area contributed by atoms with Gasteiger partial charge in [-0.15, -0.1) is 0 Å². The topological polar surface area (TPSA) is 9.03 Å². The van der Waals surface area contributed by atoms with E-state index in [9.17, 15) is 0 Å². The Labute approximate surface area is 245 Å². The fourth-order valence-corrected chi connectivity index (χ4v) is 14.6. The van der Waals surface area contributed by atoms with Gasteiger partial charge in [-0.1, -0.05) is 119 Å². The Kier molecular flexibility index (Phi) is 5.69. The zero-order valence-electron chi connectivity index (χ0n) is 25.7. The monoisotopic (exact) mass is 553 g/mol. The molecule has 3 heterocycles. The van der Waals surface area contributed by atoms with Crippen molar-refractivity contribution in [1.82, 2.24) is 4.57 Å². The molecule has 3 heteroatoms. The van der Waals surface area contributed by atoms with Crippen molar-refractivity contribution in [2.24, 2.45) is 0 Å². The van der Waals surface area contributed by atoms with E-state index in [1.807, 2.05) is 0 Å². The second kappa shape index (κ2) is 8.90. The number of aromatic nitrogens is 2. The average Bonchev–Trinajstić information content (AvgIpc) is 3.27. The fraction of sp³-hybridized carbons (Fsp3) is 0.289. The molecule has 0 saturated carbocycles. The molecule has 0 unspecified atom stereocenters. The summed E-state index contributed by atoms with van der Waals surface area (Å²) in [6.07, 6.45) is 0. The van der Waals surface area contributed by atoms with Crippen LogP contribution >= 0.6 is 0 Å². The highest BCUT2D eigenvalue weighted by atomic mass is 28.3. The number of fused-ring (bicyclic) bond motifs is 3. The molecule has 1 aliphatic rings. The maximum absolute atomic E-state index is 2.76. The number of imidazole rings is 1. The first kappa shape index (κ1) is 26.2. The molecule has 0 atom stereocenters. The maximum Gasteiger partial charge on any atom is 0.295 e. The third kappa shape index (κ3) is 3.16. The third-order valence-electron chi connectivity index (χ3n) is 10.1. The fourth-order valence-electron chi connectivity index (χ4n) is 8.48. The highest BCUT2D eigenvalue weighted by Gasteiger charge is 2.62. The van der Waals surface area contributed by atoms with Gasteiger partial charge in [-0.25, -0.2) is 4.57 Å². The lowest BCUT2D eigenvalue weighted by Gasteiger charge is -2.47. The van der Waals surface area contributed by atoms with Gasteiger partial charge in [0.2, 0.25) is 8.07 Å². The smallest absolute Gasteiger partial charge is 0.225 e. The van der Waals surface area contributed by atoms with Crippen molar-refractivity contribution >= 4 is 51.1 Å². The minimum atomic E-state index is -2.67. The van der Waals surface area contributed by atoms with Gasteiger partial charge in [0.25, 0.3) is 5.65 Å². The van der Waals surface area contributed by atoms with Crippen LogP contribution in [0.1, 0.15) is 75.9 Å². The van der Waals surface area contributed by atoms with Crippen LogP contribution < -0.4 is 20.1 Å². The number of hydrogen-bond acceptors (Lipinski definition) is 0. The Morgan fingerprint density at radius 2 is 1.32 bits per heavy atom. The van der Waals surface area contributed by atoms with E-state index in [1.165, 1.54) is 65.4 Å². The number of pyridine rings is 1. The van der Waals surface area contributed by atoms with Crippen LogP contribution in [0.2, 0.25) is 0 Å². The molecule has 0 radical (unpaired) electrons. The molecule has 0 amide bonds. The molecule has 0 bridgehead atoms. The van der Waals surface area contributed by atoms with Crippen LogP contribution in [0, 0.1) is 13.8 Å². The highest BCUT2D eigenvalue weighted by molar-refractivity contribution is 7.12. The maximum atomic E-state index is 2.76. The quantitative estimate of drug-likeness (QED) is 0.125. The molecule has 0 N–H and O–H groups in total. The van der Waals surface area contributed by atoms with Gasteiger partial charge < -0.3 is 0 Å². The van der Waals surface area contributed by atoms with E-state index in [0.29, 0.717) is 12.0 Å². The predicted octanol–water partition coefficient (Wildman–Crippen LogP) is 7.15. The summed E-state index contributed by atoms with van der Waals surface area (Å²) in [6, 6.07) is 35.2. The third-order valence-corrected chi connectivity index (χ3v) is 15.9. The normalized spacial score (nSPS) is 15.7. The average molecular weight is 554 g/mol. The van der Waals surface area contributed by atoms with E-state index in [0.717, 1.165) is 0 Å². The summed E-state index contributed by atoms with van der Waals surface area (Å²) in [5.41, 5.74) is 8.44. The molecule has 206 valence electrons. The molecular weight excluding hydrogens is 513 g/mol. The lowest BCUT2D eigenvalue weighted by molar-refractivity contribution is -0.461. The minimum absolute atomic E-state index is 0.105. The van der Waals surface area contributed by atoms with Crippen LogP contribution in [-0.2, 0) is 5.04 Å². The van der Waals surface area contributed by atoms with E-state index in [1.54, 1.807) is 0 Å². The van der Waals surface area contributed by atoms with Gasteiger partial charge in [-0.2, -0.15) is 4.40 Å². The summed E-state index contributed by atoms with van der Waals surface area (Å²) in [5.74, 6) is 0.423. The van der Waals surface area contributed by atoms with E-state index in [4.69, 9.17) is 0 Å². The van der Waals surface area contributed by atoms with Crippen LogP contribution in [0.15, 0.2) is 91.0 Å². The molecule has 1 aliphatic heterocycles. The van der Waals surface area contributed by atoms with Crippen molar-refractivity contribution in [3.63, 3.8) is 0 Å². The molecule has 2 nitrogen and oxygen atoms in total. The number of benzene rings is 4. The summed E-state index contributed by atoms with van der Waals surface area (Å²) in [4.78, 5) is 0. The van der Waals surface area contributed by atoms with Crippen LogP contribution in [0.4, 0.5) is 0 Å². The van der Waals surface area contributed by atoms with E-state index in [-0.39, 0.29) is 5.04 Å². The lowest BCUT2D eigenvalue weighted by atomic mass is 9.90. The van der Waals surface area contributed by atoms with Gasteiger partial charge in [0.15, 0.2) is 0 Å². The van der Waals surface area contributed by atoms with Crippen LogP contribution in [0.5, 0.6) is 0 Å². The van der Waals surface area contributed by atoms with Gasteiger partial charge in [-0.3, -0.25) is 0 Å². The Balaban J connectivity index is 1.90. The zero-order chi connectivity index (χ0) is 28.8. The Morgan fingerprint density at radius 3 is 1.88 bits per heavy atom. The Hall–Kier alpha value is -3.69. The molecule has 41 heavy (non-hydrogen) atoms. The summed E-state index contributed by atoms with van der Waals surface area (Å²) >= 11 is 0. The first-order valence-electron chi connectivity index (χ1n) is 15.2. The molecule has 0 spiro atoms. The highest BCUT2D eigenvalue weighted by Crippen LogP contribution is 2.44. The van der Waals surface area contributed by atoms with Gasteiger partial charge in [0.1, 0.15) is 16.5 Å². The Bertz CT molecular complexity index is 1940. The van der Waals surface area contributed by atoms with E-state index < -0.39 is 8.07 Å². The van der Waals surface area contributed by atoms with Crippen LogP contribution in [-0.4, -0.2) is 12.6 Å². The van der Waals surface area contributed by atoms with Crippen molar-refractivity contribution < 1.29 is 4.40 Å². The lowest BCUT2D eigenvalue weighted by Crippen LogP contribution is -2.83. The molecular formula is C38H41N2Si+. The standard InChI is InChI=1S/C38H41N2Si/c1-24(2)30-20-15-21-31-33-26(5)22-23-32-35(33)40-36(34(30)31)39(25(3)4)27(6)37(40)41(38(32,7)8,28-16-11-9-12-17-28)29-18-13-10-14-19-29/h9-25H,1-8H3/q+1.